The first-order chi connectivity index (χ1) is 40.0. The Hall–Kier alpha value is -1.85. The molecule has 0 N–H and O–H groups in total. The summed E-state index contributed by atoms with van der Waals surface area (Å²) in [5.41, 5.74) is 0. The van der Waals surface area contributed by atoms with Crippen molar-refractivity contribution in [3.8, 4) is 0 Å². The van der Waals surface area contributed by atoms with Gasteiger partial charge >= 0.3 is 17.9 Å². The van der Waals surface area contributed by atoms with Crippen LogP contribution in [0.1, 0.15) is 432 Å². The third-order valence-electron chi connectivity index (χ3n) is 17.3. The maximum atomic E-state index is 13.0. The molecule has 0 radical (unpaired) electrons. The number of unbranched alkanes of at least 4 members (excludes halogenated alkanes) is 57. The van der Waals surface area contributed by atoms with Gasteiger partial charge in [-0.1, -0.05) is 380 Å². The van der Waals surface area contributed by atoms with E-state index in [1.54, 1.807) is 0 Å². The van der Waals surface area contributed by atoms with Crippen molar-refractivity contribution in [1.29, 1.82) is 0 Å². The molecule has 0 fully saturated rings. The van der Waals surface area contributed by atoms with Crippen molar-refractivity contribution >= 4 is 17.9 Å². The second kappa shape index (κ2) is 70.6. The fourth-order valence-corrected chi connectivity index (χ4v) is 11.7. The summed E-state index contributed by atoms with van der Waals surface area (Å²) in [6.07, 6.45) is 85.4. The lowest BCUT2D eigenvalue weighted by Gasteiger charge is -2.18. The van der Waals surface area contributed by atoms with Gasteiger partial charge in [0, 0.05) is 19.3 Å². The normalized spacial score (nSPS) is 12.0. The van der Waals surface area contributed by atoms with E-state index in [2.05, 4.69) is 32.9 Å². The van der Waals surface area contributed by atoms with Crippen molar-refractivity contribution < 1.29 is 28.6 Å². The molecule has 6 nitrogen and oxygen atoms in total. The topological polar surface area (TPSA) is 78.9 Å². The zero-order chi connectivity index (χ0) is 58.5. The molecule has 0 saturated carbocycles. The molecule has 0 bridgehead atoms. The van der Waals surface area contributed by atoms with E-state index in [9.17, 15) is 14.4 Å². The van der Waals surface area contributed by atoms with Crippen molar-refractivity contribution in [3.63, 3.8) is 0 Å². The first-order valence-electron chi connectivity index (χ1n) is 37.2. The fourth-order valence-electron chi connectivity index (χ4n) is 11.7. The van der Waals surface area contributed by atoms with Gasteiger partial charge in [0.15, 0.2) is 6.10 Å². The highest BCUT2D eigenvalue weighted by Crippen LogP contribution is 2.19. The van der Waals surface area contributed by atoms with E-state index in [-0.39, 0.29) is 31.1 Å². The molecule has 0 aliphatic heterocycles. The van der Waals surface area contributed by atoms with Crippen LogP contribution in [0.3, 0.4) is 0 Å². The number of carbonyl (C=O) groups is 3. The summed E-state index contributed by atoms with van der Waals surface area (Å²) < 4.78 is 17.0. The van der Waals surface area contributed by atoms with Gasteiger partial charge in [0.1, 0.15) is 13.2 Å². The summed E-state index contributed by atoms with van der Waals surface area (Å²) in [5, 5.41) is 0. The first kappa shape index (κ1) is 79.2. The number of esters is 3. The Morgan fingerprint density at radius 2 is 0.407 bits per heavy atom. The molecule has 1 unspecified atom stereocenters. The van der Waals surface area contributed by atoms with Crippen molar-refractivity contribution in [2.75, 3.05) is 13.2 Å². The maximum Gasteiger partial charge on any atom is 0.306 e. The lowest BCUT2D eigenvalue weighted by molar-refractivity contribution is -0.167. The van der Waals surface area contributed by atoms with Crippen LogP contribution in [0.2, 0.25) is 0 Å². The van der Waals surface area contributed by atoms with Crippen LogP contribution >= 0.6 is 0 Å². The van der Waals surface area contributed by atoms with E-state index in [1.807, 2.05) is 0 Å². The van der Waals surface area contributed by atoms with Crippen LogP contribution in [-0.4, -0.2) is 37.2 Å². The third kappa shape index (κ3) is 68.8. The molecule has 0 aliphatic rings. The van der Waals surface area contributed by atoms with Gasteiger partial charge < -0.3 is 14.2 Å². The Balaban J connectivity index is 4.23. The highest BCUT2D eigenvalue weighted by molar-refractivity contribution is 5.71. The predicted molar refractivity (Wildman–Crippen MR) is 353 cm³/mol. The second-order valence-electron chi connectivity index (χ2n) is 25.6. The molecule has 0 aromatic heterocycles. The summed E-state index contributed by atoms with van der Waals surface area (Å²) in [6.45, 7) is 6.74. The molecule has 0 aromatic carbocycles. The molecule has 0 aliphatic carbocycles. The van der Waals surface area contributed by atoms with Crippen LogP contribution in [0.4, 0.5) is 0 Å². The van der Waals surface area contributed by atoms with Crippen molar-refractivity contribution in [2.24, 2.45) is 0 Å². The standard InChI is InChI=1S/C75H144O6/c1-4-7-10-13-16-19-22-25-28-30-32-34-36-37-39-40-42-44-47-50-53-56-59-62-65-68-74(77)80-71-72(70-79-73(76)67-64-61-58-55-52-49-46-27-24-21-18-15-12-9-6-3)81-75(78)69-66-63-60-57-54-51-48-45-43-41-38-35-33-31-29-26-23-20-17-14-11-8-5-2/h31,33,72H,4-30,32,34-71H2,1-3H3/b33-31-. The Kier molecular flexibility index (Phi) is 69.0. The number of hydrogen-bond acceptors (Lipinski definition) is 6. The summed E-state index contributed by atoms with van der Waals surface area (Å²) in [4.78, 5) is 38.5. The summed E-state index contributed by atoms with van der Waals surface area (Å²) in [5.74, 6) is -0.824. The summed E-state index contributed by atoms with van der Waals surface area (Å²) in [6, 6.07) is 0. The second-order valence-corrected chi connectivity index (χ2v) is 25.6. The minimum Gasteiger partial charge on any atom is -0.462 e. The highest BCUT2D eigenvalue weighted by Gasteiger charge is 2.20. The van der Waals surface area contributed by atoms with Gasteiger partial charge in [0.25, 0.3) is 0 Å². The van der Waals surface area contributed by atoms with Crippen LogP contribution in [-0.2, 0) is 28.6 Å². The Morgan fingerprint density at radius 1 is 0.235 bits per heavy atom. The SMILES string of the molecule is CCCCCCCCCC/C=C\CCCCCCCCCCCCCC(=O)OC(COC(=O)CCCCCCCCCCCCCCCCC)COC(=O)CCCCCCCCCCCCCCCCCCCCCCCCCCC. The molecule has 480 valence electrons. The van der Waals surface area contributed by atoms with Gasteiger partial charge in [-0.15, -0.1) is 0 Å². The Labute approximate surface area is 507 Å². The quantitative estimate of drug-likeness (QED) is 0.0261. The molecule has 0 spiro atoms. The number of rotatable bonds is 70. The van der Waals surface area contributed by atoms with E-state index >= 15 is 0 Å². The van der Waals surface area contributed by atoms with E-state index in [0.717, 1.165) is 57.8 Å². The highest BCUT2D eigenvalue weighted by atomic mass is 16.6. The Morgan fingerprint density at radius 3 is 0.617 bits per heavy atom. The van der Waals surface area contributed by atoms with Crippen LogP contribution in [0.15, 0.2) is 12.2 Å². The molecule has 0 rings (SSSR count). The van der Waals surface area contributed by atoms with Gasteiger partial charge in [-0.2, -0.15) is 0 Å². The molecule has 1 atom stereocenters. The minimum atomic E-state index is -0.767. The van der Waals surface area contributed by atoms with E-state index in [1.165, 1.54) is 334 Å². The molecule has 0 aromatic rings. The maximum absolute atomic E-state index is 13.0. The molecule has 81 heavy (non-hydrogen) atoms. The van der Waals surface area contributed by atoms with Gasteiger partial charge in [0.05, 0.1) is 0 Å². The van der Waals surface area contributed by atoms with Gasteiger partial charge in [-0.25, -0.2) is 0 Å². The third-order valence-corrected chi connectivity index (χ3v) is 17.3. The average Bonchev–Trinajstić information content (AvgIpc) is 3.47. The van der Waals surface area contributed by atoms with Crippen LogP contribution in [0.5, 0.6) is 0 Å². The lowest BCUT2D eigenvalue weighted by atomic mass is 10.0. The average molecular weight is 1140 g/mol. The monoisotopic (exact) mass is 1140 g/mol. The van der Waals surface area contributed by atoms with Crippen molar-refractivity contribution in [2.45, 2.75) is 438 Å². The molecule has 0 amide bonds. The van der Waals surface area contributed by atoms with Crippen LogP contribution < -0.4 is 0 Å². The Bertz CT molecular complexity index is 1260. The van der Waals surface area contributed by atoms with E-state index < -0.39 is 6.10 Å². The summed E-state index contributed by atoms with van der Waals surface area (Å²) >= 11 is 0. The smallest absolute Gasteiger partial charge is 0.306 e. The molecule has 0 heterocycles. The summed E-state index contributed by atoms with van der Waals surface area (Å²) in [7, 11) is 0. The van der Waals surface area contributed by atoms with Gasteiger partial charge in [0.2, 0.25) is 0 Å². The predicted octanol–water partition coefficient (Wildman–Crippen LogP) is 25.6. The van der Waals surface area contributed by atoms with Crippen molar-refractivity contribution in [3.05, 3.63) is 12.2 Å². The molecule has 6 heteroatoms. The minimum absolute atomic E-state index is 0.0628. The zero-order valence-corrected chi connectivity index (χ0v) is 55.4. The van der Waals surface area contributed by atoms with E-state index in [0.29, 0.717) is 19.3 Å². The van der Waals surface area contributed by atoms with Crippen LogP contribution in [0.25, 0.3) is 0 Å². The van der Waals surface area contributed by atoms with Gasteiger partial charge in [-0.05, 0) is 44.9 Å². The lowest BCUT2D eigenvalue weighted by Crippen LogP contribution is -2.30. The number of hydrogen-bond donors (Lipinski definition) is 0. The first-order valence-corrected chi connectivity index (χ1v) is 37.2. The number of carbonyl (C=O) groups excluding carboxylic acids is 3. The van der Waals surface area contributed by atoms with E-state index in [4.69, 9.17) is 14.2 Å². The number of ether oxygens (including phenoxy) is 3. The van der Waals surface area contributed by atoms with Gasteiger partial charge in [-0.3, -0.25) is 14.4 Å². The molecule has 0 saturated heterocycles. The fraction of sp³-hybridized carbons (Fsp3) is 0.933. The van der Waals surface area contributed by atoms with Crippen molar-refractivity contribution in [1.82, 2.24) is 0 Å². The largest absolute Gasteiger partial charge is 0.462 e. The zero-order valence-electron chi connectivity index (χ0n) is 55.4. The van der Waals surface area contributed by atoms with Crippen LogP contribution in [0, 0.1) is 0 Å². The number of allylic oxidation sites excluding steroid dienone is 2. The molecular formula is C75H144O6. The molecular weight excluding hydrogens is 997 g/mol.